The van der Waals surface area contributed by atoms with Gasteiger partial charge < -0.3 is 0 Å². The molecule has 2 heteroatoms. The number of hydrogen-bond acceptors (Lipinski definition) is 1. The lowest BCUT2D eigenvalue weighted by atomic mass is 9.68. The zero-order valence-corrected chi connectivity index (χ0v) is 15.0. The number of rotatable bonds is 6. The van der Waals surface area contributed by atoms with Crippen LogP contribution in [0.2, 0.25) is 0 Å². The van der Waals surface area contributed by atoms with Crippen molar-refractivity contribution in [2.75, 3.05) is 0 Å². The van der Waals surface area contributed by atoms with Crippen LogP contribution in [0.1, 0.15) is 27.9 Å². The molecule has 3 aromatic rings. The monoisotopic (exact) mass is 332 g/mol. The first-order valence-corrected chi connectivity index (χ1v) is 8.92. The summed E-state index contributed by atoms with van der Waals surface area (Å²) in [5, 5.41) is 0. The second-order valence-electron chi connectivity index (χ2n) is 5.83. The Kier molecular flexibility index (Phi) is 5.13. The molecular weight excluding hydrogens is 311 g/mol. The van der Waals surface area contributed by atoms with Crippen LogP contribution in [0.4, 0.5) is 0 Å². The average Bonchev–Trinajstić information content (AvgIpc) is 2.68. The van der Waals surface area contributed by atoms with Gasteiger partial charge in [0.15, 0.2) is 5.78 Å². The van der Waals surface area contributed by atoms with Crippen molar-refractivity contribution in [1.82, 2.24) is 0 Å². The van der Waals surface area contributed by atoms with Gasteiger partial charge in [0.1, 0.15) is 0 Å². The van der Waals surface area contributed by atoms with Gasteiger partial charge in [-0.3, -0.25) is 4.79 Å². The molecule has 1 atom stereocenters. The molecule has 0 N–H and O–H groups in total. The molecular formula is C22H21OP. The molecule has 1 nitrogen and oxygen atoms in total. The van der Waals surface area contributed by atoms with Crippen LogP contribution >= 0.6 is 8.86 Å². The second kappa shape index (κ2) is 7.47. The van der Waals surface area contributed by atoms with E-state index < -0.39 is 5.41 Å². The SMILES string of the molecule is O=C(c1ccccc1)C(CC=[PH3])(c1ccccc1)c1ccccc1. The number of benzene rings is 3. The normalized spacial score (nSPS) is 11.2. The summed E-state index contributed by atoms with van der Waals surface area (Å²) >= 11 is 0. The van der Waals surface area contributed by atoms with Crippen LogP contribution in [0.15, 0.2) is 91.0 Å². The molecule has 0 fully saturated rings. The predicted octanol–water partition coefficient (Wildman–Crippen LogP) is 4.66. The summed E-state index contributed by atoms with van der Waals surface area (Å²) in [7, 11) is 1.80. The van der Waals surface area contributed by atoms with Crippen LogP contribution in [0, 0.1) is 0 Å². The van der Waals surface area contributed by atoms with Crippen LogP contribution < -0.4 is 0 Å². The van der Waals surface area contributed by atoms with Crippen molar-refractivity contribution in [2.24, 2.45) is 0 Å². The molecule has 0 saturated carbocycles. The number of Topliss-reactive ketones (excluding diaryl/α,β-unsaturated/α-hetero) is 1. The highest BCUT2D eigenvalue weighted by atomic mass is 31.0. The van der Waals surface area contributed by atoms with E-state index in [4.69, 9.17) is 0 Å². The van der Waals surface area contributed by atoms with Gasteiger partial charge in [-0.25, -0.2) is 0 Å². The fourth-order valence-electron chi connectivity index (χ4n) is 3.26. The molecule has 0 heterocycles. The van der Waals surface area contributed by atoms with Gasteiger partial charge in [-0.1, -0.05) is 96.8 Å². The first kappa shape index (κ1) is 16.5. The molecule has 0 saturated heterocycles. The minimum absolute atomic E-state index is 0.142. The van der Waals surface area contributed by atoms with Crippen LogP contribution in [0.5, 0.6) is 0 Å². The molecule has 3 aromatic carbocycles. The Morgan fingerprint density at radius 2 is 1.17 bits per heavy atom. The maximum absolute atomic E-state index is 13.6. The van der Waals surface area contributed by atoms with E-state index in [0.717, 1.165) is 16.7 Å². The maximum Gasteiger partial charge on any atom is 0.178 e. The summed E-state index contributed by atoms with van der Waals surface area (Å²) in [6.45, 7) is 0. The molecule has 24 heavy (non-hydrogen) atoms. The zero-order valence-electron chi connectivity index (χ0n) is 13.6. The molecule has 0 aliphatic rings. The molecule has 0 spiro atoms. The second-order valence-corrected chi connectivity index (χ2v) is 6.40. The summed E-state index contributed by atoms with van der Waals surface area (Å²) in [5.41, 5.74) is 2.13. The fourth-order valence-corrected chi connectivity index (χ4v) is 3.69. The van der Waals surface area contributed by atoms with E-state index in [2.05, 4.69) is 30.1 Å². The van der Waals surface area contributed by atoms with E-state index in [1.807, 2.05) is 66.7 Å². The lowest BCUT2D eigenvalue weighted by Gasteiger charge is -2.33. The number of carbonyl (C=O) groups is 1. The minimum atomic E-state index is -0.689. The van der Waals surface area contributed by atoms with Crippen molar-refractivity contribution in [3.8, 4) is 0 Å². The molecule has 0 radical (unpaired) electrons. The van der Waals surface area contributed by atoms with Crippen molar-refractivity contribution in [2.45, 2.75) is 11.8 Å². The van der Waals surface area contributed by atoms with E-state index in [0.29, 0.717) is 6.42 Å². The van der Waals surface area contributed by atoms with Crippen LogP contribution in [0.3, 0.4) is 0 Å². The Bertz CT molecular complexity index is 771. The topological polar surface area (TPSA) is 17.1 Å². The molecule has 1 unspecified atom stereocenters. The van der Waals surface area contributed by atoms with Crippen molar-refractivity contribution in [3.05, 3.63) is 108 Å². The smallest absolute Gasteiger partial charge is 0.178 e. The predicted molar refractivity (Wildman–Crippen MR) is 106 cm³/mol. The third kappa shape index (κ3) is 3.00. The first-order valence-electron chi connectivity index (χ1n) is 8.11. The highest BCUT2D eigenvalue weighted by molar-refractivity contribution is 7.18. The average molecular weight is 332 g/mol. The van der Waals surface area contributed by atoms with Crippen LogP contribution in [-0.2, 0) is 5.41 Å². The minimum Gasteiger partial charge on any atom is -0.293 e. The third-order valence-corrected chi connectivity index (χ3v) is 4.70. The maximum atomic E-state index is 13.6. The fraction of sp³-hybridized carbons (Fsp3) is 0.0909. The third-order valence-electron chi connectivity index (χ3n) is 4.41. The lowest BCUT2D eigenvalue weighted by molar-refractivity contribution is 0.0916. The largest absolute Gasteiger partial charge is 0.293 e. The molecule has 0 aliphatic heterocycles. The zero-order chi connectivity index (χ0) is 16.8. The summed E-state index contributed by atoms with van der Waals surface area (Å²) < 4.78 is 0. The van der Waals surface area contributed by atoms with E-state index in [1.54, 1.807) is 8.86 Å². The summed E-state index contributed by atoms with van der Waals surface area (Å²) in [4.78, 5) is 13.6. The molecule has 3 rings (SSSR count). The summed E-state index contributed by atoms with van der Waals surface area (Å²) in [6, 6.07) is 29.8. The van der Waals surface area contributed by atoms with Gasteiger partial charge in [0.05, 0.1) is 5.41 Å². The Hall–Kier alpha value is -2.37. The Morgan fingerprint density at radius 1 is 0.750 bits per heavy atom. The highest BCUT2D eigenvalue weighted by Gasteiger charge is 2.40. The molecule has 0 amide bonds. The molecule has 0 aromatic heterocycles. The van der Waals surface area contributed by atoms with Gasteiger partial charge in [0.25, 0.3) is 0 Å². The van der Waals surface area contributed by atoms with Gasteiger partial charge in [-0.2, -0.15) is 0 Å². The molecule has 0 bridgehead atoms. The Morgan fingerprint density at radius 3 is 1.58 bits per heavy atom. The Labute approximate surface area is 145 Å². The van der Waals surface area contributed by atoms with Crippen molar-refractivity contribution in [1.29, 1.82) is 0 Å². The van der Waals surface area contributed by atoms with Crippen molar-refractivity contribution < 1.29 is 4.79 Å². The molecule has 120 valence electrons. The molecule has 0 aliphatic carbocycles. The van der Waals surface area contributed by atoms with Gasteiger partial charge in [0, 0.05) is 5.56 Å². The van der Waals surface area contributed by atoms with Crippen LogP contribution in [0.25, 0.3) is 0 Å². The number of ketones is 1. The standard InChI is InChI=1S/C22H21OP/c23-21(18-10-4-1-5-11-18)22(16-17-24,19-12-6-2-7-13-19)20-14-8-3-9-15-20/h1-15,17H,16H2,24H3. The van der Waals surface area contributed by atoms with E-state index in [9.17, 15) is 4.79 Å². The van der Waals surface area contributed by atoms with E-state index >= 15 is 0 Å². The Balaban J connectivity index is 2.27. The highest BCUT2D eigenvalue weighted by Crippen LogP contribution is 2.38. The summed E-state index contributed by atoms with van der Waals surface area (Å²) in [5.74, 6) is 2.25. The van der Waals surface area contributed by atoms with Crippen LogP contribution in [-0.4, -0.2) is 11.6 Å². The quantitative estimate of drug-likeness (QED) is 0.474. The van der Waals surface area contributed by atoms with E-state index in [1.165, 1.54) is 0 Å². The van der Waals surface area contributed by atoms with Crippen molar-refractivity contribution >= 4 is 20.4 Å². The number of carbonyl (C=O) groups excluding carboxylic acids is 1. The van der Waals surface area contributed by atoms with Gasteiger partial charge in [-0.05, 0) is 17.5 Å². The lowest BCUT2D eigenvalue weighted by Crippen LogP contribution is -2.37. The van der Waals surface area contributed by atoms with Crippen molar-refractivity contribution in [3.63, 3.8) is 0 Å². The van der Waals surface area contributed by atoms with Gasteiger partial charge in [-0.15, -0.1) is 8.86 Å². The van der Waals surface area contributed by atoms with E-state index in [-0.39, 0.29) is 5.78 Å². The van der Waals surface area contributed by atoms with Gasteiger partial charge in [0.2, 0.25) is 0 Å². The number of hydrogen-bond donors (Lipinski definition) is 0. The summed E-state index contributed by atoms with van der Waals surface area (Å²) in [6.07, 6.45) is 0.674. The van der Waals surface area contributed by atoms with Gasteiger partial charge >= 0.3 is 0 Å². The first-order chi connectivity index (χ1) is 11.8.